The summed E-state index contributed by atoms with van der Waals surface area (Å²) < 4.78 is 4.91. The third kappa shape index (κ3) is 2.49. The lowest BCUT2D eigenvalue weighted by Gasteiger charge is -2.19. The Balaban J connectivity index is 2.78. The molecule has 0 bridgehead atoms. The Bertz CT molecular complexity index is 289. The number of rotatable bonds is 3. The fourth-order valence-corrected chi connectivity index (χ4v) is 1.45. The van der Waals surface area contributed by atoms with Crippen LogP contribution in [0.4, 0.5) is 0 Å². The van der Waals surface area contributed by atoms with E-state index in [2.05, 4.69) is 5.32 Å². The van der Waals surface area contributed by atoms with E-state index in [1.807, 2.05) is 6.07 Å². The molecule has 0 saturated heterocycles. The predicted molar refractivity (Wildman–Crippen MR) is 51.1 cm³/mol. The summed E-state index contributed by atoms with van der Waals surface area (Å²) in [6.07, 6.45) is 1.89. The van der Waals surface area contributed by atoms with Crippen molar-refractivity contribution in [3.8, 4) is 6.07 Å². The van der Waals surface area contributed by atoms with Crippen molar-refractivity contribution in [1.29, 1.82) is 5.26 Å². The summed E-state index contributed by atoms with van der Waals surface area (Å²) in [5.41, 5.74) is 1.37. The number of nitrogens with one attached hydrogen (secondary N) is 1. The standard InChI is InChI=1S/C10H14N2O2/c1-2-14-10(13)8-4-3-7-12-9(8)5-6-11/h12H,2-5,7H2,1H3. The lowest BCUT2D eigenvalue weighted by molar-refractivity contribution is -0.138. The first-order valence-corrected chi connectivity index (χ1v) is 4.79. The van der Waals surface area contributed by atoms with Gasteiger partial charge in [0.05, 0.1) is 24.7 Å². The summed E-state index contributed by atoms with van der Waals surface area (Å²) in [6.45, 7) is 2.99. The van der Waals surface area contributed by atoms with Gasteiger partial charge in [-0.25, -0.2) is 4.79 Å². The molecule has 1 heterocycles. The average molecular weight is 194 g/mol. The second kappa shape index (κ2) is 5.28. The molecule has 14 heavy (non-hydrogen) atoms. The minimum atomic E-state index is -0.287. The molecule has 0 atom stereocenters. The first kappa shape index (κ1) is 10.6. The molecule has 0 aromatic rings. The zero-order valence-corrected chi connectivity index (χ0v) is 8.30. The Hall–Kier alpha value is -1.50. The van der Waals surface area contributed by atoms with Crippen molar-refractivity contribution in [2.24, 2.45) is 0 Å². The molecule has 4 heteroatoms. The van der Waals surface area contributed by atoms with Crippen LogP contribution >= 0.6 is 0 Å². The predicted octanol–water partition coefficient (Wildman–Crippen LogP) is 1.10. The summed E-state index contributed by atoms with van der Waals surface area (Å²) in [6, 6.07) is 2.04. The van der Waals surface area contributed by atoms with Gasteiger partial charge in [-0.1, -0.05) is 0 Å². The number of hydrogen-bond donors (Lipinski definition) is 1. The average Bonchev–Trinajstić information content (AvgIpc) is 2.19. The van der Waals surface area contributed by atoms with Crippen LogP contribution in [0.3, 0.4) is 0 Å². The van der Waals surface area contributed by atoms with Crippen molar-refractivity contribution < 1.29 is 9.53 Å². The Morgan fingerprint density at radius 3 is 3.14 bits per heavy atom. The van der Waals surface area contributed by atoms with Gasteiger partial charge < -0.3 is 10.1 Å². The molecule has 1 aliphatic heterocycles. The second-order valence-electron chi connectivity index (χ2n) is 3.04. The molecule has 0 radical (unpaired) electrons. The number of ether oxygens (including phenoxy) is 1. The minimum absolute atomic E-state index is 0.258. The largest absolute Gasteiger partial charge is 0.463 e. The normalized spacial score (nSPS) is 15.7. The van der Waals surface area contributed by atoms with E-state index in [4.69, 9.17) is 10.00 Å². The van der Waals surface area contributed by atoms with Crippen LogP contribution < -0.4 is 5.32 Å². The number of carbonyl (C=O) groups excluding carboxylic acids is 1. The number of esters is 1. The van der Waals surface area contributed by atoms with Crippen LogP contribution in [-0.2, 0) is 9.53 Å². The number of nitrogens with zero attached hydrogens (tertiary/aromatic N) is 1. The number of nitriles is 1. The van der Waals surface area contributed by atoms with Crippen LogP contribution in [0, 0.1) is 11.3 Å². The van der Waals surface area contributed by atoms with Crippen molar-refractivity contribution in [3.05, 3.63) is 11.3 Å². The molecule has 0 saturated carbocycles. The smallest absolute Gasteiger partial charge is 0.335 e. The van der Waals surface area contributed by atoms with Crippen LogP contribution in [0.5, 0.6) is 0 Å². The first-order valence-electron chi connectivity index (χ1n) is 4.79. The number of carbonyl (C=O) groups is 1. The van der Waals surface area contributed by atoms with Crippen LogP contribution in [0.2, 0.25) is 0 Å². The fraction of sp³-hybridized carbons (Fsp3) is 0.600. The van der Waals surface area contributed by atoms with Gasteiger partial charge >= 0.3 is 5.97 Å². The van der Waals surface area contributed by atoms with Gasteiger partial charge in [0.25, 0.3) is 0 Å². The molecule has 0 aliphatic carbocycles. The highest BCUT2D eigenvalue weighted by Gasteiger charge is 2.19. The van der Waals surface area contributed by atoms with E-state index in [1.54, 1.807) is 6.92 Å². The van der Waals surface area contributed by atoms with Crippen molar-refractivity contribution >= 4 is 5.97 Å². The zero-order chi connectivity index (χ0) is 10.4. The molecule has 1 aliphatic rings. The van der Waals surface area contributed by atoms with Crippen LogP contribution in [-0.4, -0.2) is 19.1 Å². The molecular weight excluding hydrogens is 180 g/mol. The maximum atomic E-state index is 11.5. The fourth-order valence-electron chi connectivity index (χ4n) is 1.45. The summed E-state index contributed by atoms with van der Waals surface area (Å²) in [5.74, 6) is -0.287. The van der Waals surface area contributed by atoms with Crippen LogP contribution in [0.25, 0.3) is 0 Å². The zero-order valence-electron chi connectivity index (χ0n) is 8.30. The van der Waals surface area contributed by atoms with Crippen molar-refractivity contribution in [2.75, 3.05) is 13.2 Å². The van der Waals surface area contributed by atoms with E-state index in [9.17, 15) is 4.79 Å². The lowest BCUT2D eigenvalue weighted by atomic mass is 10.0. The van der Waals surface area contributed by atoms with Gasteiger partial charge in [0.2, 0.25) is 0 Å². The highest BCUT2D eigenvalue weighted by Crippen LogP contribution is 2.18. The molecule has 0 unspecified atom stereocenters. The highest BCUT2D eigenvalue weighted by atomic mass is 16.5. The van der Waals surface area contributed by atoms with Crippen LogP contribution in [0.1, 0.15) is 26.2 Å². The van der Waals surface area contributed by atoms with Gasteiger partial charge in [-0.2, -0.15) is 5.26 Å². The number of allylic oxidation sites excluding steroid dienone is 1. The molecule has 4 nitrogen and oxygen atoms in total. The maximum Gasteiger partial charge on any atom is 0.335 e. The maximum absolute atomic E-state index is 11.5. The first-order chi connectivity index (χ1) is 6.79. The molecule has 0 amide bonds. The van der Waals surface area contributed by atoms with E-state index in [0.29, 0.717) is 18.6 Å². The molecular formula is C10H14N2O2. The SMILES string of the molecule is CCOC(=O)C1=C(CC#N)NCCC1. The van der Waals surface area contributed by atoms with E-state index >= 15 is 0 Å². The van der Waals surface area contributed by atoms with Crippen molar-refractivity contribution in [1.82, 2.24) is 5.32 Å². The van der Waals surface area contributed by atoms with Gasteiger partial charge in [0.1, 0.15) is 0 Å². The minimum Gasteiger partial charge on any atom is -0.463 e. The van der Waals surface area contributed by atoms with Gasteiger partial charge in [0.15, 0.2) is 0 Å². The van der Waals surface area contributed by atoms with E-state index in [-0.39, 0.29) is 12.4 Å². The van der Waals surface area contributed by atoms with Crippen LogP contribution in [0.15, 0.2) is 11.3 Å². The van der Waals surface area contributed by atoms with Crippen molar-refractivity contribution in [2.45, 2.75) is 26.2 Å². The summed E-state index contributed by atoms with van der Waals surface area (Å²) in [4.78, 5) is 11.5. The monoisotopic (exact) mass is 194 g/mol. The third-order valence-electron chi connectivity index (χ3n) is 2.08. The topological polar surface area (TPSA) is 62.1 Å². The van der Waals surface area contributed by atoms with E-state index in [0.717, 1.165) is 18.7 Å². The van der Waals surface area contributed by atoms with Crippen molar-refractivity contribution in [3.63, 3.8) is 0 Å². The number of hydrogen-bond acceptors (Lipinski definition) is 4. The molecule has 0 fully saturated rings. The second-order valence-corrected chi connectivity index (χ2v) is 3.04. The lowest BCUT2D eigenvalue weighted by Crippen LogP contribution is -2.25. The van der Waals surface area contributed by atoms with Gasteiger partial charge in [0, 0.05) is 12.2 Å². The molecule has 0 aromatic heterocycles. The summed E-state index contributed by atoms with van der Waals surface area (Å²) in [5, 5.41) is 11.6. The van der Waals surface area contributed by atoms with Gasteiger partial charge in [-0.3, -0.25) is 0 Å². The van der Waals surface area contributed by atoms with E-state index in [1.165, 1.54) is 0 Å². The summed E-state index contributed by atoms with van der Waals surface area (Å²) >= 11 is 0. The van der Waals surface area contributed by atoms with Gasteiger partial charge in [-0.05, 0) is 19.8 Å². The molecule has 0 aromatic carbocycles. The molecule has 0 spiro atoms. The Labute approximate surface area is 83.5 Å². The molecule has 1 N–H and O–H groups in total. The highest BCUT2D eigenvalue weighted by molar-refractivity contribution is 5.89. The summed E-state index contributed by atoms with van der Waals surface area (Å²) in [7, 11) is 0. The van der Waals surface area contributed by atoms with Gasteiger partial charge in [-0.15, -0.1) is 0 Å². The Morgan fingerprint density at radius 1 is 1.71 bits per heavy atom. The van der Waals surface area contributed by atoms with E-state index < -0.39 is 0 Å². The molecule has 76 valence electrons. The quantitative estimate of drug-likeness (QED) is 0.683. The molecule has 1 rings (SSSR count). The third-order valence-corrected chi connectivity index (χ3v) is 2.08. The Kier molecular flexibility index (Phi) is 3.99. The Morgan fingerprint density at radius 2 is 2.50 bits per heavy atom.